The molecule has 1 atom stereocenters. The lowest BCUT2D eigenvalue weighted by molar-refractivity contribution is 0.230. The Kier molecular flexibility index (Phi) is 5.19. The van der Waals surface area contributed by atoms with Crippen molar-refractivity contribution < 1.29 is 9.47 Å². The minimum atomic E-state index is 0.0648. The second-order valence-corrected chi connectivity index (χ2v) is 6.24. The molecular formula is C19H24N4O2. The summed E-state index contributed by atoms with van der Waals surface area (Å²) in [5.41, 5.74) is 1.97. The van der Waals surface area contributed by atoms with Crippen LogP contribution in [0.5, 0.6) is 11.5 Å². The Balaban J connectivity index is 1.70. The SMILES string of the molecule is COc1cc(CNC(C)c2nnc3ccccn23)ccc1OC(C)C. The molecule has 0 amide bonds. The zero-order valence-electron chi connectivity index (χ0n) is 15.1. The van der Waals surface area contributed by atoms with Crippen molar-refractivity contribution in [1.29, 1.82) is 0 Å². The smallest absolute Gasteiger partial charge is 0.161 e. The van der Waals surface area contributed by atoms with Crippen LogP contribution < -0.4 is 14.8 Å². The molecule has 0 saturated heterocycles. The standard InChI is InChI=1S/C19H24N4O2/c1-13(2)25-16-9-8-15(11-17(16)24-4)12-20-14(3)19-22-21-18-7-5-6-10-23(18)19/h5-11,13-14,20H,12H2,1-4H3. The van der Waals surface area contributed by atoms with Crippen LogP contribution in [0, 0.1) is 0 Å². The molecule has 6 nitrogen and oxygen atoms in total. The van der Waals surface area contributed by atoms with Crippen LogP contribution >= 0.6 is 0 Å². The van der Waals surface area contributed by atoms with Crippen molar-refractivity contribution in [1.82, 2.24) is 19.9 Å². The van der Waals surface area contributed by atoms with Crippen LogP contribution in [0.15, 0.2) is 42.6 Å². The summed E-state index contributed by atoms with van der Waals surface area (Å²) >= 11 is 0. The number of hydrogen-bond acceptors (Lipinski definition) is 5. The Morgan fingerprint density at radius 3 is 2.68 bits per heavy atom. The molecule has 25 heavy (non-hydrogen) atoms. The third-order valence-corrected chi connectivity index (χ3v) is 3.93. The molecule has 132 valence electrons. The molecule has 0 aliphatic heterocycles. The van der Waals surface area contributed by atoms with Crippen molar-refractivity contribution in [3.8, 4) is 11.5 Å². The van der Waals surface area contributed by atoms with E-state index < -0.39 is 0 Å². The summed E-state index contributed by atoms with van der Waals surface area (Å²) in [5.74, 6) is 2.40. The van der Waals surface area contributed by atoms with E-state index in [9.17, 15) is 0 Å². The van der Waals surface area contributed by atoms with E-state index in [4.69, 9.17) is 9.47 Å². The van der Waals surface area contributed by atoms with Crippen LogP contribution in [0.2, 0.25) is 0 Å². The lowest BCUT2D eigenvalue weighted by Gasteiger charge is -2.16. The monoisotopic (exact) mass is 340 g/mol. The highest BCUT2D eigenvalue weighted by Crippen LogP contribution is 2.29. The number of hydrogen-bond donors (Lipinski definition) is 1. The van der Waals surface area contributed by atoms with Crippen molar-refractivity contribution in [3.63, 3.8) is 0 Å². The fourth-order valence-electron chi connectivity index (χ4n) is 2.69. The molecule has 0 spiro atoms. The maximum absolute atomic E-state index is 5.76. The number of pyridine rings is 1. The summed E-state index contributed by atoms with van der Waals surface area (Å²) in [7, 11) is 1.66. The van der Waals surface area contributed by atoms with Gasteiger partial charge in [-0.1, -0.05) is 12.1 Å². The van der Waals surface area contributed by atoms with Crippen LogP contribution in [0.4, 0.5) is 0 Å². The number of aromatic nitrogens is 3. The molecule has 3 rings (SSSR count). The first-order valence-corrected chi connectivity index (χ1v) is 8.45. The van der Waals surface area contributed by atoms with E-state index in [0.29, 0.717) is 6.54 Å². The van der Waals surface area contributed by atoms with Gasteiger partial charge in [-0.05, 0) is 50.6 Å². The van der Waals surface area contributed by atoms with Gasteiger partial charge in [0.05, 0.1) is 19.3 Å². The summed E-state index contributed by atoms with van der Waals surface area (Å²) in [5, 5.41) is 12.0. The van der Waals surface area contributed by atoms with E-state index in [2.05, 4.69) is 22.4 Å². The van der Waals surface area contributed by atoms with Gasteiger partial charge in [0.15, 0.2) is 23.0 Å². The molecule has 0 bridgehead atoms. The number of rotatable bonds is 7. The minimum Gasteiger partial charge on any atom is -0.493 e. The summed E-state index contributed by atoms with van der Waals surface area (Å²) in [4.78, 5) is 0. The van der Waals surface area contributed by atoms with E-state index in [1.54, 1.807) is 7.11 Å². The first kappa shape index (κ1) is 17.2. The summed E-state index contributed by atoms with van der Waals surface area (Å²) < 4.78 is 13.2. The van der Waals surface area contributed by atoms with E-state index in [1.165, 1.54) is 0 Å². The fraction of sp³-hybridized carbons (Fsp3) is 0.368. The number of fused-ring (bicyclic) bond motifs is 1. The Labute approximate surface area is 147 Å². The topological polar surface area (TPSA) is 60.7 Å². The molecule has 0 aliphatic carbocycles. The highest BCUT2D eigenvalue weighted by Gasteiger charge is 2.13. The van der Waals surface area contributed by atoms with Gasteiger partial charge in [0.2, 0.25) is 0 Å². The number of ether oxygens (including phenoxy) is 2. The largest absolute Gasteiger partial charge is 0.493 e. The van der Waals surface area contributed by atoms with Crippen LogP contribution in [0.3, 0.4) is 0 Å². The van der Waals surface area contributed by atoms with E-state index in [1.807, 2.05) is 60.8 Å². The number of nitrogens with zero attached hydrogens (tertiary/aromatic N) is 3. The first-order valence-electron chi connectivity index (χ1n) is 8.45. The van der Waals surface area contributed by atoms with Gasteiger partial charge in [0.25, 0.3) is 0 Å². The molecule has 2 heterocycles. The highest BCUT2D eigenvalue weighted by atomic mass is 16.5. The maximum atomic E-state index is 5.76. The van der Waals surface area contributed by atoms with Gasteiger partial charge < -0.3 is 14.8 Å². The third kappa shape index (κ3) is 3.91. The molecular weight excluding hydrogens is 316 g/mol. The molecule has 0 fully saturated rings. The highest BCUT2D eigenvalue weighted by molar-refractivity contribution is 5.43. The average molecular weight is 340 g/mol. The predicted octanol–water partition coefficient (Wildman–Crippen LogP) is 3.38. The van der Waals surface area contributed by atoms with Gasteiger partial charge in [0.1, 0.15) is 0 Å². The van der Waals surface area contributed by atoms with Crippen LogP contribution in [-0.4, -0.2) is 27.8 Å². The number of nitrogens with one attached hydrogen (secondary N) is 1. The Morgan fingerprint density at radius 2 is 1.92 bits per heavy atom. The van der Waals surface area contributed by atoms with Crippen molar-refractivity contribution in [2.24, 2.45) is 0 Å². The van der Waals surface area contributed by atoms with Gasteiger partial charge in [-0.2, -0.15) is 0 Å². The van der Waals surface area contributed by atoms with E-state index in [0.717, 1.165) is 28.5 Å². The van der Waals surface area contributed by atoms with Gasteiger partial charge in [0, 0.05) is 12.7 Å². The third-order valence-electron chi connectivity index (χ3n) is 3.93. The van der Waals surface area contributed by atoms with Crippen LogP contribution in [-0.2, 0) is 6.54 Å². The van der Waals surface area contributed by atoms with Crippen LogP contribution in [0.25, 0.3) is 5.65 Å². The second-order valence-electron chi connectivity index (χ2n) is 6.24. The molecule has 1 N–H and O–H groups in total. The average Bonchev–Trinajstić information content (AvgIpc) is 3.04. The molecule has 0 aliphatic rings. The minimum absolute atomic E-state index is 0.0648. The fourth-order valence-corrected chi connectivity index (χ4v) is 2.69. The quantitative estimate of drug-likeness (QED) is 0.714. The van der Waals surface area contributed by atoms with Gasteiger partial charge in [-0.25, -0.2) is 0 Å². The maximum Gasteiger partial charge on any atom is 0.161 e. The lowest BCUT2D eigenvalue weighted by Crippen LogP contribution is -2.20. The molecule has 0 saturated carbocycles. The number of benzene rings is 1. The Morgan fingerprint density at radius 1 is 1.08 bits per heavy atom. The summed E-state index contributed by atoms with van der Waals surface area (Å²) in [6.07, 6.45) is 2.09. The molecule has 0 radical (unpaired) electrons. The molecule has 1 aromatic carbocycles. The van der Waals surface area contributed by atoms with Crippen molar-refractivity contribution in [3.05, 3.63) is 54.0 Å². The zero-order chi connectivity index (χ0) is 17.8. The zero-order valence-corrected chi connectivity index (χ0v) is 15.1. The van der Waals surface area contributed by atoms with Crippen molar-refractivity contribution in [2.75, 3.05) is 7.11 Å². The van der Waals surface area contributed by atoms with Crippen molar-refractivity contribution >= 4 is 5.65 Å². The molecule has 2 aromatic heterocycles. The van der Waals surface area contributed by atoms with Gasteiger partial charge in [-0.3, -0.25) is 4.40 Å². The summed E-state index contributed by atoms with van der Waals surface area (Å²) in [6.45, 7) is 6.77. The van der Waals surface area contributed by atoms with Gasteiger partial charge >= 0.3 is 0 Å². The van der Waals surface area contributed by atoms with E-state index in [-0.39, 0.29) is 12.1 Å². The predicted molar refractivity (Wildman–Crippen MR) is 97.0 cm³/mol. The Hall–Kier alpha value is -2.60. The molecule has 6 heteroatoms. The Bertz CT molecular complexity index is 844. The summed E-state index contributed by atoms with van der Waals surface area (Å²) in [6, 6.07) is 11.9. The molecule has 3 aromatic rings. The van der Waals surface area contributed by atoms with E-state index >= 15 is 0 Å². The van der Waals surface area contributed by atoms with Gasteiger partial charge in [-0.15, -0.1) is 10.2 Å². The number of methoxy groups -OCH3 is 1. The van der Waals surface area contributed by atoms with Crippen molar-refractivity contribution in [2.45, 2.75) is 39.5 Å². The lowest BCUT2D eigenvalue weighted by atomic mass is 10.2. The normalized spacial score (nSPS) is 12.5. The second kappa shape index (κ2) is 7.53. The van der Waals surface area contributed by atoms with Crippen LogP contribution in [0.1, 0.15) is 38.2 Å². The first-order chi connectivity index (χ1) is 12.1. The molecule has 1 unspecified atom stereocenters.